The summed E-state index contributed by atoms with van der Waals surface area (Å²) in [6.07, 6.45) is 3.61. The van der Waals surface area contributed by atoms with Gasteiger partial charge >= 0.3 is 0 Å². The number of benzene rings is 1. The Morgan fingerprint density at radius 1 is 1.09 bits per heavy atom. The first-order valence-electron chi connectivity index (χ1n) is 7.98. The Labute approximate surface area is 131 Å². The molecule has 0 bridgehead atoms. The summed E-state index contributed by atoms with van der Waals surface area (Å²) in [6, 6.07) is 3.53. The van der Waals surface area contributed by atoms with Crippen molar-refractivity contribution in [3.05, 3.63) is 23.3 Å². The second kappa shape index (κ2) is 4.80. The van der Waals surface area contributed by atoms with Gasteiger partial charge in [-0.1, -0.05) is 0 Å². The third-order valence-corrected chi connectivity index (χ3v) is 6.97. The molecule has 0 N–H and O–H groups in total. The molecule has 1 amide bonds. The number of aryl methyl sites for hydroxylation is 1. The predicted octanol–water partition coefficient (Wildman–Crippen LogP) is 1.87. The molecule has 0 aromatic heterocycles. The van der Waals surface area contributed by atoms with E-state index in [1.54, 1.807) is 16.4 Å². The Bertz CT molecular complexity index is 751. The van der Waals surface area contributed by atoms with E-state index in [1.807, 2.05) is 11.8 Å². The molecular formula is C16H20N2O3S. The van der Waals surface area contributed by atoms with Crippen molar-refractivity contribution in [2.75, 3.05) is 24.5 Å². The molecule has 1 atom stereocenters. The van der Waals surface area contributed by atoms with Crippen LogP contribution in [0.2, 0.25) is 0 Å². The lowest BCUT2D eigenvalue weighted by atomic mass is 9.97. The summed E-state index contributed by atoms with van der Waals surface area (Å²) in [6.45, 7) is 3.84. The minimum absolute atomic E-state index is 0.103. The summed E-state index contributed by atoms with van der Waals surface area (Å²) in [5.74, 6) is -0.132. The van der Waals surface area contributed by atoms with Crippen molar-refractivity contribution in [1.29, 1.82) is 0 Å². The van der Waals surface area contributed by atoms with Crippen LogP contribution in [0.25, 0.3) is 0 Å². The maximum Gasteiger partial charge on any atom is 0.243 e. The number of anilines is 1. The molecular weight excluding hydrogens is 300 g/mol. The van der Waals surface area contributed by atoms with E-state index in [1.165, 1.54) is 0 Å². The average Bonchev–Trinajstić information content (AvgIpc) is 3.13. The topological polar surface area (TPSA) is 57.7 Å². The largest absolute Gasteiger partial charge is 0.311 e. The van der Waals surface area contributed by atoms with Gasteiger partial charge in [0, 0.05) is 19.6 Å². The fourth-order valence-corrected chi connectivity index (χ4v) is 5.50. The minimum atomic E-state index is -3.42. The molecule has 1 fully saturated rings. The quantitative estimate of drug-likeness (QED) is 0.836. The minimum Gasteiger partial charge on any atom is -0.311 e. The predicted molar refractivity (Wildman–Crippen MR) is 83.5 cm³/mol. The average molecular weight is 320 g/mol. The molecule has 0 radical (unpaired) electrons. The second-order valence-electron chi connectivity index (χ2n) is 6.45. The van der Waals surface area contributed by atoms with Gasteiger partial charge in [0.15, 0.2) is 0 Å². The van der Waals surface area contributed by atoms with Crippen molar-refractivity contribution >= 4 is 21.6 Å². The lowest BCUT2D eigenvalue weighted by molar-refractivity contribution is -0.119. The van der Waals surface area contributed by atoms with E-state index in [0.29, 0.717) is 18.0 Å². The Hall–Kier alpha value is -1.40. The van der Waals surface area contributed by atoms with Gasteiger partial charge in [0.1, 0.15) is 0 Å². The number of amides is 1. The monoisotopic (exact) mass is 320 g/mol. The number of hydrogen-bond donors (Lipinski definition) is 0. The smallest absolute Gasteiger partial charge is 0.243 e. The summed E-state index contributed by atoms with van der Waals surface area (Å²) in [4.78, 5) is 14.6. The van der Waals surface area contributed by atoms with Crippen molar-refractivity contribution < 1.29 is 13.2 Å². The van der Waals surface area contributed by atoms with Crippen LogP contribution in [0.5, 0.6) is 0 Å². The third-order valence-electron chi connectivity index (χ3n) is 5.10. The van der Waals surface area contributed by atoms with Crippen LogP contribution >= 0.6 is 0 Å². The molecule has 6 heteroatoms. The van der Waals surface area contributed by atoms with Crippen LogP contribution in [0.1, 0.15) is 43.2 Å². The Morgan fingerprint density at radius 2 is 1.82 bits per heavy atom. The second-order valence-corrected chi connectivity index (χ2v) is 8.38. The zero-order valence-electron chi connectivity index (χ0n) is 12.7. The number of carbonyl (C=O) groups is 1. The molecule has 4 rings (SSSR count). The van der Waals surface area contributed by atoms with Gasteiger partial charge < -0.3 is 4.90 Å². The zero-order chi connectivity index (χ0) is 15.5. The summed E-state index contributed by atoms with van der Waals surface area (Å²) >= 11 is 0. The zero-order valence-corrected chi connectivity index (χ0v) is 13.5. The highest BCUT2D eigenvalue weighted by Crippen LogP contribution is 2.44. The summed E-state index contributed by atoms with van der Waals surface area (Å²) < 4.78 is 27.2. The molecule has 5 nitrogen and oxygen atoms in total. The first-order valence-corrected chi connectivity index (χ1v) is 9.42. The van der Waals surface area contributed by atoms with Crippen molar-refractivity contribution in [1.82, 2.24) is 4.31 Å². The van der Waals surface area contributed by atoms with Gasteiger partial charge in [0.25, 0.3) is 0 Å². The maximum absolute atomic E-state index is 12.8. The van der Waals surface area contributed by atoms with Gasteiger partial charge in [-0.15, -0.1) is 0 Å². The summed E-state index contributed by atoms with van der Waals surface area (Å²) in [7, 11) is -3.42. The van der Waals surface area contributed by atoms with Gasteiger partial charge in [-0.05, 0) is 55.9 Å². The number of carbonyl (C=O) groups excluding carboxylic acids is 1. The van der Waals surface area contributed by atoms with E-state index < -0.39 is 10.0 Å². The van der Waals surface area contributed by atoms with Crippen molar-refractivity contribution in [2.24, 2.45) is 0 Å². The van der Waals surface area contributed by atoms with Gasteiger partial charge in [-0.25, -0.2) is 8.42 Å². The number of sulfonamides is 1. The highest BCUT2D eigenvalue weighted by atomic mass is 32.2. The fourth-order valence-electron chi connectivity index (χ4n) is 3.89. The van der Waals surface area contributed by atoms with Crippen molar-refractivity contribution in [3.8, 4) is 0 Å². The molecule has 1 aromatic rings. The van der Waals surface area contributed by atoms with Crippen LogP contribution in [0.3, 0.4) is 0 Å². The molecule has 22 heavy (non-hydrogen) atoms. The van der Waals surface area contributed by atoms with Gasteiger partial charge in [0.2, 0.25) is 15.9 Å². The normalized spacial score (nSPS) is 24.9. The molecule has 0 saturated carbocycles. The summed E-state index contributed by atoms with van der Waals surface area (Å²) in [5.41, 5.74) is 2.88. The molecule has 3 aliphatic rings. The summed E-state index contributed by atoms with van der Waals surface area (Å²) in [5, 5.41) is 0. The van der Waals surface area contributed by atoms with E-state index in [0.717, 1.165) is 49.0 Å². The van der Waals surface area contributed by atoms with Crippen molar-refractivity contribution in [3.63, 3.8) is 0 Å². The first kappa shape index (κ1) is 14.2. The van der Waals surface area contributed by atoms with Crippen LogP contribution in [0, 0.1) is 0 Å². The number of nitrogens with zero attached hydrogens (tertiary/aromatic N) is 2. The molecule has 1 aromatic carbocycles. The first-order chi connectivity index (χ1) is 10.5. The lowest BCUT2D eigenvalue weighted by Gasteiger charge is -2.26. The van der Waals surface area contributed by atoms with Gasteiger partial charge in [-0.3, -0.25) is 4.79 Å². The molecule has 1 unspecified atom stereocenters. The SMILES string of the molecule is CC1C(=O)N2CCCc3cc(S(=O)(=O)N4CCCC4)cc1c32. The molecule has 0 aliphatic carbocycles. The molecule has 118 valence electrons. The van der Waals surface area contributed by atoms with Gasteiger partial charge in [-0.2, -0.15) is 4.31 Å². The number of hydrogen-bond acceptors (Lipinski definition) is 3. The Kier molecular flexibility index (Phi) is 3.10. The molecule has 1 saturated heterocycles. The third kappa shape index (κ3) is 1.86. The fraction of sp³-hybridized carbons (Fsp3) is 0.562. The standard InChI is InChI=1S/C16H20N2O3S/c1-11-14-10-13(22(20,21)17-6-2-3-7-17)9-12-5-4-8-18(15(12)14)16(11)19/h9-11H,2-8H2,1H3. The van der Waals surface area contributed by atoms with Crippen LogP contribution in [-0.4, -0.2) is 38.3 Å². The Morgan fingerprint density at radius 3 is 2.55 bits per heavy atom. The highest BCUT2D eigenvalue weighted by molar-refractivity contribution is 7.89. The molecule has 0 spiro atoms. The van der Waals surface area contributed by atoms with Crippen LogP contribution in [0.15, 0.2) is 17.0 Å². The Balaban J connectivity index is 1.86. The van der Waals surface area contributed by atoms with E-state index in [4.69, 9.17) is 0 Å². The van der Waals surface area contributed by atoms with E-state index in [-0.39, 0.29) is 11.8 Å². The molecule has 3 heterocycles. The maximum atomic E-state index is 12.8. The van der Waals surface area contributed by atoms with Crippen LogP contribution in [0.4, 0.5) is 5.69 Å². The van der Waals surface area contributed by atoms with E-state index in [2.05, 4.69) is 0 Å². The van der Waals surface area contributed by atoms with E-state index >= 15 is 0 Å². The number of rotatable bonds is 2. The van der Waals surface area contributed by atoms with E-state index in [9.17, 15) is 13.2 Å². The lowest BCUT2D eigenvalue weighted by Crippen LogP contribution is -2.32. The highest BCUT2D eigenvalue weighted by Gasteiger charge is 2.39. The van der Waals surface area contributed by atoms with Crippen molar-refractivity contribution in [2.45, 2.75) is 43.4 Å². The van der Waals surface area contributed by atoms with Crippen LogP contribution in [-0.2, 0) is 21.2 Å². The molecule has 3 aliphatic heterocycles. The van der Waals surface area contributed by atoms with Crippen LogP contribution < -0.4 is 4.90 Å². The van der Waals surface area contributed by atoms with Gasteiger partial charge in [0.05, 0.1) is 16.5 Å².